The van der Waals surface area contributed by atoms with Crippen molar-refractivity contribution in [3.05, 3.63) is 0 Å². The molecule has 1 saturated heterocycles. The molecule has 0 aromatic heterocycles. The van der Waals surface area contributed by atoms with Gasteiger partial charge in [0.2, 0.25) is 0 Å². The van der Waals surface area contributed by atoms with Crippen LogP contribution in [0.5, 0.6) is 0 Å². The summed E-state index contributed by atoms with van der Waals surface area (Å²) in [6.07, 6.45) is 1.71. The summed E-state index contributed by atoms with van der Waals surface area (Å²) >= 11 is 4.30. The minimum absolute atomic E-state index is 0.00402. The lowest BCUT2D eigenvalue weighted by Crippen LogP contribution is -2.34. The van der Waals surface area contributed by atoms with E-state index in [0.29, 0.717) is 0 Å². The average Bonchev–Trinajstić information content (AvgIpc) is 2.63. The number of carbonyl (C=O) groups is 2. The van der Waals surface area contributed by atoms with Crippen LogP contribution in [0, 0.1) is 11.3 Å². The fourth-order valence-corrected chi connectivity index (χ4v) is 2.74. The highest BCUT2D eigenvalue weighted by Crippen LogP contribution is 2.56. The number of carbonyl (C=O) groups excluding carboxylic acids is 2. The van der Waals surface area contributed by atoms with Gasteiger partial charge in [0.1, 0.15) is 6.04 Å². The number of thiol groups is 1. The average molecular weight is 243 g/mol. The predicted octanol–water partition coefficient (Wildman–Crippen LogP) is 0.763. The van der Waals surface area contributed by atoms with Crippen LogP contribution in [0.15, 0.2) is 0 Å². The van der Waals surface area contributed by atoms with E-state index >= 15 is 0 Å². The second-order valence-corrected chi connectivity index (χ2v) is 5.69. The quantitative estimate of drug-likeness (QED) is 0.427. The van der Waals surface area contributed by atoms with Crippen molar-refractivity contribution in [1.82, 2.24) is 5.32 Å². The Kier molecular flexibility index (Phi) is 3.01. The Morgan fingerprint density at radius 2 is 2.00 bits per heavy atom. The largest absolute Gasteiger partial charge is 0.392 e. The zero-order valence-corrected chi connectivity index (χ0v) is 10.4. The molecule has 2 fully saturated rings. The first-order valence-electron chi connectivity index (χ1n) is 5.61. The summed E-state index contributed by atoms with van der Waals surface area (Å²) in [5.74, 6) is -1.12. The third kappa shape index (κ3) is 1.98. The maximum Gasteiger partial charge on any atom is 0.330 e. The van der Waals surface area contributed by atoms with Crippen LogP contribution < -0.4 is 5.32 Å². The molecule has 2 unspecified atom stereocenters. The number of esters is 2. The van der Waals surface area contributed by atoms with Gasteiger partial charge in [-0.25, -0.2) is 4.79 Å². The van der Waals surface area contributed by atoms with E-state index in [4.69, 9.17) is 4.74 Å². The van der Waals surface area contributed by atoms with E-state index in [-0.39, 0.29) is 22.6 Å². The van der Waals surface area contributed by atoms with Gasteiger partial charge < -0.3 is 10.1 Å². The third-order valence-electron chi connectivity index (χ3n) is 3.57. The Hall–Kier alpha value is -0.550. The standard InChI is InChI=1S/C11H17NO3S/c1-11(2)7(8(11)16)10(14)15-9(13)6-4-3-5-12-6/h6-8,12,16H,3-5H2,1-2H3/t6-,7?,8?/m0/s1. The van der Waals surface area contributed by atoms with Gasteiger partial charge in [-0.1, -0.05) is 13.8 Å². The molecule has 90 valence electrons. The minimum Gasteiger partial charge on any atom is -0.392 e. The highest BCUT2D eigenvalue weighted by molar-refractivity contribution is 7.81. The summed E-state index contributed by atoms with van der Waals surface area (Å²) in [5.41, 5.74) is -0.149. The molecular formula is C11H17NO3S. The molecule has 1 heterocycles. The van der Waals surface area contributed by atoms with Crippen LogP contribution in [0.1, 0.15) is 26.7 Å². The van der Waals surface area contributed by atoms with Gasteiger partial charge in [0.25, 0.3) is 0 Å². The maximum absolute atomic E-state index is 11.7. The van der Waals surface area contributed by atoms with E-state index < -0.39 is 11.9 Å². The molecule has 0 aromatic rings. The van der Waals surface area contributed by atoms with Gasteiger partial charge in [-0.3, -0.25) is 4.79 Å². The van der Waals surface area contributed by atoms with Crippen molar-refractivity contribution >= 4 is 24.6 Å². The van der Waals surface area contributed by atoms with Crippen molar-refractivity contribution in [3.8, 4) is 0 Å². The molecule has 3 atom stereocenters. The van der Waals surface area contributed by atoms with Crippen LogP contribution >= 0.6 is 12.6 Å². The number of ether oxygens (including phenoxy) is 1. The molecule has 4 nitrogen and oxygen atoms in total. The smallest absolute Gasteiger partial charge is 0.330 e. The summed E-state index contributed by atoms with van der Waals surface area (Å²) in [4.78, 5) is 23.3. The Morgan fingerprint density at radius 3 is 2.44 bits per heavy atom. The Morgan fingerprint density at radius 1 is 1.38 bits per heavy atom. The van der Waals surface area contributed by atoms with Crippen molar-refractivity contribution in [1.29, 1.82) is 0 Å². The molecule has 1 N–H and O–H groups in total. The first kappa shape index (κ1) is 11.9. The maximum atomic E-state index is 11.7. The molecular weight excluding hydrogens is 226 g/mol. The van der Waals surface area contributed by atoms with Crippen LogP contribution in [-0.4, -0.2) is 29.8 Å². The number of hydrogen-bond acceptors (Lipinski definition) is 5. The van der Waals surface area contributed by atoms with E-state index in [1.165, 1.54) is 0 Å². The van der Waals surface area contributed by atoms with E-state index in [1.807, 2.05) is 13.8 Å². The highest BCUT2D eigenvalue weighted by atomic mass is 32.1. The highest BCUT2D eigenvalue weighted by Gasteiger charge is 2.61. The summed E-state index contributed by atoms with van der Waals surface area (Å²) in [5, 5.41) is 3.01. The zero-order chi connectivity index (χ0) is 11.9. The fourth-order valence-electron chi connectivity index (χ4n) is 2.16. The van der Waals surface area contributed by atoms with Crippen LogP contribution in [0.2, 0.25) is 0 Å². The number of rotatable bonds is 2. The molecule has 2 aliphatic rings. The van der Waals surface area contributed by atoms with Gasteiger partial charge in [0.05, 0.1) is 5.92 Å². The van der Waals surface area contributed by atoms with Gasteiger partial charge in [-0.2, -0.15) is 12.6 Å². The number of hydrogen-bond donors (Lipinski definition) is 2. The Balaban J connectivity index is 1.86. The van der Waals surface area contributed by atoms with Crippen LogP contribution in [0.25, 0.3) is 0 Å². The summed E-state index contributed by atoms with van der Waals surface area (Å²) in [6.45, 7) is 4.72. The first-order valence-corrected chi connectivity index (χ1v) is 6.13. The molecule has 2 rings (SSSR count). The molecule has 0 amide bonds. The van der Waals surface area contributed by atoms with Gasteiger partial charge in [0, 0.05) is 5.25 Å². The molecule has 1 aliphatic heterocycles. The Bertz CT molecular complexity index is 323. The SMILES string of the molecule is CC1(C)C(S)C1C(=O)OC(=O)[C@@H]1CCCN1. The zero-order valence-electron chi connectivity index (χ0n) is 9.53. The normalized spacial score (nSPS) is 35.8. The topological polar surface area (TPSA) is 55.4 Å². The molecule has 5 heteroatoms. The van der Waals surface area contributed by atoms with E-state index in [1.54, 1.807) is 0 Å². The Labute approximate surface area is 101 Å². The van der Waals surface area contributed by atoms with E-state index in [9.17, 15) is 9.59 Å². The fraction of sp³-hybridized carbons (Fsp3) is 0.818. The summed E-state index contributed by atoms with van der Waals surface area (Å²) in [6, 6.07) is -0.302. The van der Waals surface area contributed by atoms with Crippen molar-refractivity contribution in [3.63, 3.8) is 0 Å². The van der Waals surface area contributed by atoms with Gasteiger partial charge in [-0.05, 0) is 24.8 Å². The molecule has 0 aromatic carbocycles. The number of nitrogens with one attached hydrogen (secondary N) is 1. The molecule has 1 saturated carbocycles. The second kappa shape index (κ2) is 4.04. The monoisotopic (exact) mass is 243 g/mol. The minimum atomic E-state index is -0.439. The first-order chi connectivity index (χ1) is 7.44. The summed E-state index contributed by atoms with van der Waals surface area (Å²) in [7, 11) is 0. The molecule has 16 heavy (non-hydrogen) atoms. The van der Waals surface area contributed by atoms with E-state index in [0.717, 1.165) is 19.4 Å². The lowest BCUT2D eigenvalue weighted by Gasteiger charge is -2.09. The molecule has 0 spiro atoms. The van der Waals surface area contributed by atoms with Gasteiger partial charge >= 0.3 is 11.9 Å². The van der Waals surface area contributed by atoms with Crippen LogP contribution in [0.3, 0.4) is 0 Å². The second-order valence-electron chi connectivity index (χ2n) is 5.13. The molecule has 0 bridgehead atoms. The van der Waals surface area contributed by atoms with Gasteiger partial charge in [-0.15, -0.1) is 0 Å². The summed E-state index contributed by atoms with van der Waals surface area (Å²) < 4.78 is 4.88. The third-order valence-corrected chi connectivity index (χ3v) is 4.53. The van der Waals surface area contributed by atoms with Crippen molar-refractivity contribution in [2.75, 3.05) is 6.54 Å². The van der Waals surface area contributed by atoms with Crippen molar-refractivity contribution < 1.29 is 14.3 Å². The van der Waals surface area contributed by atoms with Crippen molar-refractivity contribution in [2.45, 2.75) is 38.0 Å². The van der Waals surface area contributed by atoms with Crippen molar-refractivity contribution in [2.24, 2.45) is 11.3 Å². The predicted molar refractivity (Wildman–Crippen MR) is 62.2 cm³/mol. The molecule has 0 radical (unpaired) electrons. The lowest BCUT2D eigenvalue weighted by molar-refractivity contribution is -0.162. The van der Waals surface area contributed by atoms with Crippen LogP contribution in [0.4, 0.5) is 0 Å². The lowest BCUT2D eigenvalue weighted by atomic mass is 10.1. The van der Waals surface area contributed by atoms with E-state index in [2.05, 4.69) is 17.9 Å². The molecule has 1 aliphatic carbocycles. The van der Waals surface area contributed by atoms with Crippen LogP contribution in [-0.2, 0) is 14.3 Å². The van der Waals surface area contributed by atoms with Gasteiger partial charge in [0.15, 0.2) is 0 Å².